The minimum Gasteiger partial charge on any atom is -0.377 e. The predicted molar refractivity (Wildman–Crippen MR) is 92.0 cm³/mol. The fraction of sp³-hybridized carbons (Fsp3) is 0.312. The molecule has 0 spiro atoms. The van der Waals surface area contributed by atoms with Gasteiger partial charge in [0, 0.05) is 26.3 Å². The van der Waals surface area contributed by atoms with Crippen LogP contribution in [0.3, 0.4) is 0 Å². The second kappa shape index (κ2) is 7.13. The molecule has 0 unspecified atom stereocenters. The Hall–Kier alpha value is -2.01. The van der Waals surface area contributed by atoms with E-state index in [1.807, 2.05) is 5.38 Å². The number of hydrogen-bond acceptors (Lipinski definition) is 3. The lowest BCUT2D eigenvalue weighted by Crippen LogP contribution is -2.31. The Morgan fingerprint density at radius 1 is 1.29 bits per heavy atom. The van der Waals surface area contributed by atoms with Gasteiger partial charge in [-0.05, 0) is 46.5 Å². The summed E-state index contributed by atoms with van der Waals surface area (Å²) in [5.41, 5.74) is 10.8. The van der Waals surface area contributed by atoms with Gasteiger partial charge in [0.2, 0.25) is 0 Å². The highest BCUT2D eigenvalue weighted by Crippen LogP contribution is 2.19. The van der Waals surface area contributed by atoms with E-state index in [0.717, 1.165) is 0 Å². The first-order chi connectivity index (χ1) is 10.1. The molecule has 0 amide bonds. The zero-order valence-electron chi connectivity index (χ0n) is 12.8. The number of hydrogen-bond donors (Lipinski definition) is 2. The lowest BCUT2D eigenvalue weighted by molar-refractivity contribution is 0.883. The van der Waals surface area contributed by atoms with Gasteiger partial charge in [0.25, 0.3) is 0 Å². The molecule has 0 atom stereocenters. The van der Waals surface area contributed by atoms with Crippen LogP contribution in [0.2, 0.25) is 0 Å². The summed E-state index contributed by atoms with van der Waals surface area (Å²) in [5, 5.41) is 7.29. The van der Waals surface area contributed by atoms with Crippen molar-refractivity contribution in [2.45, 2.75) is 20.0 Å². The Morgan fingerprint density at radius 2 is 2.10 bits per heavy atom. The standard InChI is InChI=1S/C16H22N4S/c1-12-4-5-13(8-15(12)20(2)3)9-18-16(17)19-10-14-6-7-21-11-14/h4-8,11H,9-10H2,1-3H3,(H3,17,18,19). The maximum Gasteiger partial charge on any atom is 0.189 e. The number of benzene rings is 1. The summed E-state index contributed by atoms with van der Waals surface area (Å²) >= 11 is 1.67. The van der Waals surface area contributed by atoms with Crippen molar-refractivity contribution in [1.82, 2.24) is 5.32 Å². The molecule has 1 heterocycles. The molecule has 0 fully saturated rings. The van der Waals surface area contributed by atoms with Gasteiger partial charge in [-0.2, -0.15) is 11.3 Å². The molecule has 0 saturated carbocycles. The van der Waals surface area contributed by atoms with Gasteiger partial charge < -0.3 is 16.0 Å². The summed E-state index contributed by atoms with van der Waals surface area (Å²) in [4.78, 5) is 6.45. The first-order valence-electron chi connectivity index (χ1n) is 6.88. The minimum absolute atomic E-state index is 0.480. The highest BCUT2D eigenvalue weighted by molar-refractivity contribution is 7.07. The normalized spacial score (nSPS) is 11.5. The number of nitrogens with one attached hydrogen (secondary N) is 1. The third kappa shape index (κ3) is 4.49. The number of guanidine groups is 1. The summed E-state index contributed by atoms with van der Waals surface area (Å²) in [6.07, 6.45) is 0. The van der Waals surface area contributed by atoms with Gasteiger partial charge in [-0.25, -0.2) is 4.99 Å². The zero-order chi connectivity index (χ0) is 15.2. The molecule has 0 aliphatic carbocycles. The van der Waals surface area contributed by atoms with Crippen molar-refractivity contribution >= 4 is 23.0 Å². The quantitative estimate of drug-likeness (QED) is 0.659. The first-order valence-corrected chi connectivity index (χ1v) is 7.82. The Bertz CT molecular complexity index is 603. The van der Waals surface area contributed by atoms with Crippen molar-refractivity contribution in [3.63, 3.8) is 0 Å². The molecule has 1 aromatic carbocycles. The van der Waals surface area contributed by atoms with Crippen LogP contribution in [-0.2, 0) is 13.1 Å². The van der Waals surface area contributed by atoms with Crippen molar-refractivity contribution in [2.24, 2.45) is 10.7 Å². The Morgan fingerprint density at radius 3 is 2.76 bits per heavy atom. The summed E-state index contributed by atoms with van der Waals surface area (Å²) in [7, 11) is 4.10. The van der Waals surface area contributed by atoms with Gasteiger partial charge in [-0.3, -0.25) is 0 Å². The second-order valence-corrected chi connectivity index (χ2v) is 5.98. The fourth-order valence-electron chi connectivity index (χ4n) is 2.05. The number of anilines is 1. The molecule has 112 valence electrons. The number of thiophene rings is 1. The molecule has 2 rings (SSSR count). The van der Waals surface area contributed by atoms with E-state index in [1.165, 1.54) is 22.4 Å². The number of rotatable bonds is 5. The van der Waals surface area contributed by atoms with E-state index in [1.54, 1.807) is 11.3 Å². The van der Waals surface area contributed by atoms with Crippen LogP contribution in [0, 0.1) is 6.92 Å². The zero-order valence-corrected chi connectivity index (χ0v) is 13.6. The van der Waals surface area contributed by atoms with Crippen molar-refractivity contribution < 1.29 is 0 Å². The van der Waals surface area contributed by atoms with Crippen molar-refractivity contribution in [2.75, 3.05) is 19.0 Å². The Labute approximate surface area is 130 Å². The van der Waals surface area contributed by atoms with E-state index >= 15 is 0 Å². The van der Waals surface area contributed by atoms with Gasteiger partial charge in [-0.15, -0.1) is 0 Å². The van der Waals surface area contributed by atoms with E-state index in [4.69, 9.17) is 5.73 Å². The smallest absolute Gasteiger partial charge is 0.189 e. The molecule has 4 nitrogen and oxygen atoms in total. The number of nitrogens with zero attached hydrogens (tertiary/aromatic N) is 2. The topological polar surface area (TPSA) is 53.6 Å². The molecular formula is C16H22N4S. The molecule has 21 heavy (non-hydrogen) atoms. The molecule has 0 radical (unpaired) electrons. The predicted octanol–water partition coefficient (Wildman–Crippen LogP) is 2.73. The molecule has 5 heteroatoms. The minimum atomic E-state index is 0.480. The van der Waals surface area contributed by atoms with Crippen LogP contribution in [-0.4, -0.2) is 20.1 Å². The van der Waals surface area contributed by atoms with Crippen LogP contribution in [0.5, 0.6) is 0 Å². The van der Waals surface area contributed by atoms with Gasteiger partial charge in [0.05, 0.1) is 6.54 Å². The maximum atomic E-state index is 5.90. The third-order valence-electron chi connectivity index (χ3n) is 3.24. The molecule has 0 aliphatic heterocycles. The Balaban J connectivity index is 1.93. The molecule has 0 bridgehead atoms. The van der Waals surface area contributed by atoms with Crippen molar-refractivity contribution in [1.29, 1.82) is 0 Å². The third-order valence-corrected chi connectivity index (χ3v) is 3.97. The fourth-order valence-corrected chi connectivity index (χ4v) is 2.71. The first kappa shape index (κ1) is 15.4. The summed E-state index contributed by atoms with van der Waals surface area (Å²) in [5.74, 6) is 0.480. The van der Waals surface area contributed by atoms with Crippen LogP contribution in [0.4, 0.5) is 5.69 Å². The monoisotopic (exact) mass is 302 g/mol. The summed E-state index contributed by atoms with van der Waals surface area (Å²) in [6.45, 7) is 3.42. The lowest BCUT2D eigenvalue weighted by Gasteiger charge is -2.17. The van der Waals surface area contributed by atoms with E-state index in [2.05, 4.69) is 65.9 Å². The number of aliphatic imine (C=N–C) groups is 1. The molecule has 0 saturated heterocycles. The highest BCUT2D eigenvalue weighted by Gasteiger charge is 2.03. The molecular weight excluding hydrogens is 280 g/mol. The van der Waals surface area contributed by atoms with Crippen molar-refractivity contribution in [3.8, 4) is 0 Å². The second-order valence-electron chi connectivity index (χ2n) is 5.20. The number of aryl methyl sites for hydroxylation is 1. The van der Waals surface area contributed by atoms with Crippen LogP contribution in [0.1, 0.15) is 16.7 Å². The van der Waals surface area contributed by atoms with Crippen LogP contribution >= 0.6 is 11.3 Å². The summed E-state index contributed by atoms with van der Waals surface area (Å²) in [6, 6.07) is 8.48. The van der Waals surface area contributed by atoms with Gasteiger partial charge in [0.15, 0.2) is 5.96 Å². The SMILES string of the molecule is Cc1ccc(CNC(N)=NCc2ccsc2)cc1N(C)C. The average Bonchev–Trinajstić information content (AvgIpc) is 2.97. The van der Waals surface area contributed by atoms with E-state index in [-0.39, 0.29) is 0 Å². The van der Waals surface area contributed by atoms with Gasteiger partial charge in [0.1, 0.15) is 0 Å². The average molecular weight is 302 g/mol. The van der Waals surface area contributed by atoms with Crippen molar-refractivity contribution in [3.05, 3.63) is 51.7 Å². The number of nitrogens with two attached hydrogens (primary N) is 1. The van der Waals surface area contributed by atoms with Gasteiger partial charge in [-0.1, -0.05) is 12.1 Å². The highest BCUT2D eigenvalue weighted by atomic mass is 32.1. The van der Waals surface area contributed by atoms with Gasteiger partial charge >= 0.3 is 0 Å². The van der Waals surface area contributed by atoms with Crippen LogP contribution in [0.25, 0.3) is 0 Å². The Kier molecular flexibility index (Phi) is 5.22. The van der Waals surface area contributed by atoms with Crippen LogP contribution in [0.15, 0.2) is 40.0 Å². The van der Waals surface area contributed by atoms with E-state index in [9.17, 15) is 0 Å². The van der Waals surface area contributed by atoms with Crippen LogP contribution < -0.4 is 16.0 Å². The summed E-state index contributed by atoms with van der Waals surface area (Å²) < 4.78 is 0. The molecule has 2 aromatic rings. The largest absolute Gasteiger partial charge is 0.377 e. The van der Waals surface area contributed by atoms with E-state index < -0.39 is 0 Å². The van der Waals surface area contributed by atoms with E-state index in [0.29, 0.717) is 19.0 Å². The lowest BCUT2D eigenvalue weighted by atomic mass is 10.1. The molecule has 0 aliphatic rings. The maximum absolute atomic E-state index is 5.90. The molecule has 1 aromatic heterocycles. The molecule has 3 N–H and O–H groups in total.